The maximum Gasteiger partial charge on any atom is 0.295 e. The minimum atomic E-state index is -0.224. The van der Waals surface area contributed by atoms with Crippen molar-refractivity contribution in [3.63, 3.8) is 0 Å². The highest BCUT2D eigenvalue weighted by Gasteiger charge is 2.33. The predicted octanol–water partition coefficient (Wildman–Crippen LogP) is 4.29. The second kappa shape index (κ2) is 9.49. The molecule has 38 heavy (non-hydrogen) atoms. The van der Waals surface area contributed by atoms with Crippen LogP contribution in [0.15, 0.2) is 35.5 Å². The fourth-order valence-electron chi connectivity index (χ4n) is 4.98. The van der Waals surface area contributed by atoms with Gasteiger partial charge in [-0.25, -0.2) is 24.9 Å². The number of aryl methyl sites for hydroxylation is 1. The van der Waals surface area contributed by atoms with E-state index in [1.165, 1.54) is 0 Å². The highest BCUT2D eigenvalue weighted by atomic mass is 16.5. The fraction of sp³-hybridized carbons (Fsp3) is 0.393. The van der Waals surface area contributed by atoms with Gasteiger partial charge in [-0.3, -0.25) is 9.36 Å². The lowest BCUT2D eigenvalue weighted by atomic mass is 10.1. The van der Waals surface area contributed by atoms with E-state index in [1.807, 2.05) is 13.0 Å². The first-order valence-electron chi connectivity index (χ1n) is 12.9. The van der Waals surface area contributed by atoms with Crippen LogP contribution in [0.2, 0.25) is 0 Å². The number of hydrogen-bond acceptors (Lipinski definition) is 9. The molecule has 1 atom stereocenters. The van der Waals surface area contributed by atoms with Gasteiger partial charge in [0.1, 0.15) is 17.6 Å². The molecule has 0 amide bonds. The number of rotatable bonds is 8. The third-order valence-corrected chi connectivity index (χ3v) is 7.46. The average molecular weight is 509 g/mol. The molecular weight excluding hydrogens is 480 g/mol. The van der Waals surface area contributed by atoms with Crippen molar-refractivity contribution in [3.05, 3.63) is 63.6 Å². The molecule has 6 rings (SSSR count). The average Bonchev–Trinajstić information content (AvgIpc) is 3.84. The number of fused-ring (bicyclic) bond motifs is 1. The Labute approximate surface area is 219 Å². The SMILES string of the molecule is COc1cc(C#N)ccc1CNc1nc2cnc(-c3c(C)ncnc3C3CC3)nc2n(C(C)C2CC2)c1=O. The third-order valence-electron chi connectivity index (χ3n) is 7.46. The second-order valence-electron chi connectivity index (χ2n) is 10.1. The predicted molar refractivity (Wildman–Crippen MR) is 142 cm³/mol. The first-order chi connectivity index (χ1) is 18.5. The van der Waals surface area contributed by atoms with Gasteiger partial charge in [-0.15, -0.1) is 0 Å². The smallest absolute Gasteiger partial charge is 0.295 e. The van der Waals surface area contributed by atoms with Gasteiger partial charge in [-0.1, -0.05) is 6.07 Å². The molecule has 0 radical (unpaired) electrons. The molecule has 0 aliphatic heterocycles. The summed E-state index contributed by atoms with van der Waals surface area (Å²) in [6, 6.07) is 7.30. The van der Waals surface area contributed by atoms with E-state index in [0.29, 0.717) is 46.7 Å². The van der Waals surface area contributed by atoms with Gasteiger partial charge in [0.05, 0.1) is 41.9 Å². The van der Waals surface area contributed by atoms with E-state index < -0.39 is 0 Å². The van der Waals surface area contributed by atoms with Crippen LogP contribution in [-0.2, 0) is 6.54 Å². The Hall–Kier alpha value is -4.39. The molecule has 2 saturated carbocycles. The number of methoxy groups -OCH3 is 1. The van der Waals surface area contributed by atoms with Crippen molar-refractivity contribution in [2.45, 2.75) is 58.0 Å². The molecule has 192 valence electrons. The van der Waals surface area contributed by atoms with Crippen molar-refractivity contribution >= 4 is 17.0 Å². The number of hydrogen-bond donors (Lipinski definition) is 1. The van der Waals surface area contributed by atoms with Crippen molar-refractivity contribution in [1.29, 1.82) is 5.26 Å². The van der Waals surface area contributed by atoms with Crippen LogP contribution in [0, 0.1) is 24.2 Å². The van der Waals surface area contributed by atoms with E-state index >= 15 is 0 Å². The maximum atomic E-state index is 13.8. The van der Waals surface area contributed by atoms with Crippen molar-refractivity contribution in [2.75, 3.05) is 12.4 Å². The lowest BCUT2D eigenvalue weighted by Crippen LogP contribution is -2.29. The summed E-state index contributed by atoms with van der Waals surface area (Å²) in [5.74, 6) is 2.16. The van der Waals surface area contributed by atoms with Crippen molar-refractivity contribution < 1.29 is 4.74 Å². The number of aromatic nitrogens is 6. The van der Waals surface area contributed by atoms with Gasteiger partial charge in [0, 0.05) is 24.1 Å². The van der Waals surface area contributed by atoms with Crippen LogP contribution in [0.1, 0.15) is 67.1 Å². The van der Waals surface area contributed by atoms with Gasteiger partial charge in [-0.05, 0) is 57.6 Å². The Bertz CT molecular complexity index is 1650. The molecule has 3 aromatic heterocycles. The molecule has 0 saturated heterocycles. The standard InChI is InChI=1S/C28H28N8O2/c1-15-23(24(19-8-9-19)33-14-32-15)25-31-13-21-27(35-25)36(16(2)18-6-7-18)28(37)26(34-21)30-12-20-5-4-17(11-29)10-22(20)38-3/h4-5,10,13-14,16,18-19H,6-9,12H2,1-3H3,(H,30,34). The zero-order valence-electron chi connectivity index (χ0n) is 21.6. The highest BCUT2D eigenvalue weighted by Crippen LogP contribution is 2.43. The summed E-state index contributed by atoms with van der Waals surface area (Å²) in [6.07, 6.45) is 7.64. The highest BCUT2D eigenvalue weighted by molar-refractivity contribution is 5.75. The molecule has 1 unspecified atom stereocenters. The van der Waals surface area contributed by atoms with Crippen LogP contribution in [0.3, 0.4) is 0 Å². The van der Waals surface area contributed by atoms with Crippen molar-refractivity contribution in [2.24, 2.45) is 5.92 Å². The zero-order chi connectivity index (χ0) is 26.4. The fourth-order valence-corrected chi connectivity index (χ4v) is 4.98. The lowest BCUT2D eigenvalue weighted by Gasteiger charge is -2.19. The molecule has 1 aromatic carbocycles. The molecule has 0 spiro atoms. The molecule has 0 bridgehead atoms. The van der Waals surface area contributed by atoms with Crippen LogP contribution in [0.5, 0.6) is 5.75 Å². The second-order valence-corrected chi connectivity index (χ2v) is 10.1. The van der Waals surface area contributed by atoms with Crippen LogP contribution in [0.4, 0.5) is 5.82 Å². The summed E-state index contributed by atoms with van der Waals surface area (Å²) in [5.41, 5.74) is 4.81. The first-order valence-corrected chi connectivity index (χ1v) is 12.9. The van der Waals surface area contributed by atoms with Crippen LogP contribution >= 0.6 is 0 Å². The van der Waals surface area contributed by atoms with Gasteiger partial charge in [0.15, 0.2) is 17.3 Å². The Kier molecular flexibility index (Phi) is 5.98. The van der Waals surface area contributed by atoms with Crippen molar-refractivity contribution in [3.8, 4) is 23.2 Å². The van der Waals surface area contributed by atoms with Crippen LogP contribution in [0.25, 0.3) is 22.6 Å². The van der Waals surface area contributed by atoms with E-state index in [-0.39, 0.29) is 17.4 Å². The summed E-state index contributed by atoms with van der Waals surface area (Å²) >= 11 is 0. The Morgan fingerprint density at radius 3 is 2.71 bits per heavy atom. The molecule has 2 aliphatic rings. The van der Waals surface area contributed by atoms with Gasteiger partial charge >= 0.3 is 0 Å². The van der Waals surface area contributed by atoms with Gasteiger partial charge in [0.25, 0.3) is 5.56 Å². The lowest BCUT2D eigenvalue weighted by molar-refractivity contribution is 0.410. The number of anilines is 1. The summed E-state index contributed by atoms with van der Waals surface area (Å²) in [6.45, 7) is 4.32. The minimum absolute atomic E-state index is 0.0308. The van der Waals surface area contributed by atoms with Crippen LogP contribution < -0.4 is 15.6 Å². The summed E-state index contributed by atoms with van der Waals surface area (Å²) in [5, 5.41) is 12.4. The largest absolute Gasteiger partial charge is 0.496 e. The van der Waals surface area contributed by atoms with E-state index in [2.05, 4.69) is 38.2 Å². The molecule has 10 nitrogen and oxygen atoms in total. The molecule has 3 heterocycles. The normalized spacial score (nSPS) is 15.7. The van der Waals surface area contributed by atoms with E-state index in [1.54, 1.807) is 36.3 Å². The molecule has 2 fully saturated rings. The molecule has 10 heteroatoms. The summed E-state index contributed by atoms with van der Waals surface area (Å²) in [7, 11) is 1.56. The molecule has 1 N–H and O–H groups in total. The molecule has 2 aliphatic carbocycles. The Balaban J connectivity index is 1.43. The van der Waals surface area contributed by atoms with E-state index in [9.17, 15) is 10.1 Å². The number of benzene rings is 1. The van der Waals surface area contributed by atoms with Gasteiger partial charge in [-0.2, -0.15) is 5.26 Å². The topological polar surface area (TPSA) is 132 Å². The minimum Gasteiger partial charge on any atom is -0.496 e. The maximum absolute atomic E-state index is 13.8. The number of nitriles is 1. The van der Waals surface area contributed by atoms with Gasteiger partial charge < -0.3 is 10.1 Å². The van der Waals surface area contributed by atoms with Crippen molar-refractivity contribution in [1.82, 2.24) is 29.5 Å². The third kappa shape index (κ3) is 4.34. The number of nitrogens with one attached hydrogen (secondary N) is 1. The molecule has 4 aromatic rings. The summed E-state index contributed by atoms with van der Waals surface area (Å²) in [4.78, 5) is 37.0. The monoisotopic (exact) mass is 508 g/mol. The Morgan fingerprint density at radius 1 is 1.18 bits per heavy atom. The quantitative estimate of drug-likeness (QED) is 0.370. The van der Waals surface area contributed by atoms with E-state index in [0.717, 1.165) is 48.2 Å². The Morgan fingerprint density at radius 2 is 2.00 bits per heavy atom. The number of ether oxygens (including phenoxy) is 1. The van der Waals surface area contributed by atoms with E-state index in [4.69, 9.17) is 9.72 Å². The van der Waals surface area contributed by atoms with Crippen LogP contribution in [-0.4, -0.2) is 36.6 Å². The number of nitrogens with zero attached hydrogens (tertiary/aromatic N) is 7. The first kappa shape index (κ1) is 24.0. The summed E-state index contributed by atoms with van der Waals surface area (Å²) < 4.78 is 7.21. The zero-order valence-corrected chi connectivity index (χ0v) is 21.6. The molecular formula is C28H28N8O2. The van der Waals surface area contributed by atoms with Gasteiger partial charge in [0.2, 0.25) is 0 Å².